The summed E-state index contributed by atoms with van der Waals surface area (Å²) >= 11 is 12.8. The van der Waals surface area contributed by atoms with Gasteiger partial charge in [-0.25, -0.2) is 9.37 Å². The first-order valence-electron chi connectivity index (χ1n) is 7.90. The minimum absolute atomic E-state index is 0.0720. The Morgan fingerprint density at radius 1 is 1.35 bits per heavy atom. The zero-order valence-electron chi connectivity index (χ0n) is 14.1. The van der Waals surface area contributed by atoms with Crippen molar-refractivity contribution >= 4 is 45.6 Å². The Kier molecular flexibility index (Phi) is 5.65. The number of hydrogen-bond donors (Lipinski definition) is 1. The first kappa shape index (κ1) is 18.9. The number of benzene rings is 1. The summed E-state index contributed by atoms with van der Waals surface area (Å²) in [6.45, 7) is 4.44. The maximum Gasteiger partial charge on any atom is 0.274 e. The fourth-order valence-corrected chi connectivity index (χ4v) is 3.40. The van der Waals surface area contributed by atoms with E-state index in [1.54, 1.807) is 10.6 Å². The first-order chi connectivity index (χ1) is 12.3. The van der Waals surface area contributed by atoms with Crippen LogP contribution in [0.4, 0.5) is 9.52 Å². The van der Waals surface area contributed by atoms with E-state index in [-0.39, 0.29) is 16.8 Å². The minimum atomic E-state index is -0.483. The molecular formula is C18H16Cl2FN3OS. The lowest BCUT2D eigenvalue weighted by atomic mass is 10.1. The van der Waals surface area contributed by atoms with Gasteiger partial charge in [-0.3, -0.25) is 10.1 Å². The average Bonchev–Trinajstić information content (AvgIpc) is 3.17. The summed E-state index contributed by atoms with van der Waals surface area (Å²) in [7, 11) is 0. The molecule has 0 aliphatic heterocycles. The van der Waals surface area contributed by atoms with Gasteiger partial charge in [-0.15, -0.1) is 0 Å². The van der Waals surface area contributed by atoms with Crippen LogP contribution in [0.1, 0.15) is 41.4 Å². The minimum Gasteiger partial charge on any atom is -0.339 e. The molecule has 0 atom stereocenters. The van der Waals surface area contributed by atoms with Crippen LogP contribution in [0.25, 0.3) is 0 Å². The summed E-state index contributed by atoms with van der Waals surface area (Å²) < 4.78 is 16.0. The van der Waals surface area contributed by atoms with E-state index in [1.165, 1.54) is 29.7 Å². The largest absolute Gasteiger partial charge is 0.339 e. The number of hydrogen-bond acceptors (Lipinski definition) is 3. The monoisotopic (exact) mass is 411 g/mol. The Morgan fingerprint density at radius 2 is 2.12 bits per heavy atom. The van der Waals surface area contributed by atoms with Gasteiger partial charge >= 0.3 is 0 Å². The molecule has 0 radical (unpaired) electrons. The lowest BCUT2D eigenvalue weighted by Crippen LogP contribution is -2.17. The molecule has 0 aliphatic rings. The molecule has 0 fully saturated rings. The van der Waals surface area contributed by atoms with E-state index in [0.717, 1.165) is 5.56 Å². The highest BCUT2D eigenvalue weighted by Gasteiger charge is 2.17. The van der Waals surface area contributed by atoms with Gasteiger partial charge in [-0.05, 0) is 35.2 Å². The third kappa shape index (κ3) is 4.26. The van der Waals surface area contributed by atoms with Crippen LogP contribution in [0, 0.1) is 5.82 Å². The van der Waals surface area contributed by atoms with Gasteiger partial charge < -0.3 is 4.57 Å². The number of anilines is 1. The summed E-state index contributed by atoms with van der Waals surface area (Å²) in [6.07, 6.45) is 3.39. The van der Waals surface area contributed by atoms with E-state index >= 15 is 0 Å². The summed E-state index contributed by atoms with van der Waals surface area (Å²) in [5.74, 6) is -0.528. The summed E-state index contributed by atoms with van der Waals surface area (Å²) in [6, 6.07) is 6.46. The molecule has 0 unspecified atom stereocenters. The van der Waals surface area contributed by atoms with Crippen LogP contribution >= 0.6 is 34.5 Å². The van der Waals surface area contributed by atoms with Crippen LogP contribution in [-0.4, -0.2) is 15.5 Å². The molecule has 4 nitrogen and oxygen atoms in total. The molecule has 1 aromatic carbocycles. The number of amides is 1. The van der Waals surface area contributed by atoms with E-state index < -0.39 is 5.82 Å². The van der Waals surface area contributed by atoms with Crippen molar-refractivity contribution < 1.29 is 9.18 Å². The number of nitrogens with zero attached hydrogens (tertiary/aromatic N) is 2. The number of aromatic nitrogens is 2. The fraction of sp³-hybridized carbons (Fsp3) is 0.222. The molecule has 3 rings (SSSR count). The highest BCUT2D eigenvalue weighted by atomic mass is 35.5. The Hall–Kier alpha value is -1.89. The Labute approximate surface area is 164 Å². The van der Waals surface area contributed by atoms with Crippen LogP contribution in [-0.2, 0) is 6.54 Å². The van der Waals surface area contributed by atoms with Gasteiger partial charge in [0.2, 0.25) is 0 Å². The Balaban J connectivity index is 1.90. The highest BCUT2D eigenvalue weighted by Crippen LogP contribution is 2.25. The first-order valence-corrected chi connectivity index (χ1v) is 9.47. The zero-order valence-corrected chi connectivity index (χ0v) is 16.4. The lowest BCUT2D eigenvalue weighted by molar-refractivity contribution is 0.101. The fourth-order valence-electron chi connectivity index (χ4n) is 2.48. The van der Waals surface area contributed by atoms with E-state index in [9.17, 15) is 9.18 Å². The van der Waals surface area contributed by atoms with Crippen LogP contribution in [0.2, 0.25) is 9.36 Å². The molecule has 1 N–H and O–H groups in total. The predicted octanol–water partition coefficient (Wildman–Crippen LogP) is 5.81. The molecule has 136 valence electrons. The normalized spacial score (nSPS) is 11.2. The van der Waals surface area contributed by atoms with Crippen molar-refractivity contribution in [2.45, 2.75) is 26.3 Å². The molecule has 2 aromatic heterocycles. The summed E-state index contributed by atoms with van der Waals surface area (Å²) in [5, 5.41) is 3.25. The standard InChI is InChI=1S/C18H16Cl2FN3OS/c1-10(2)12-6-15(17(25)23-18-22-7-16(20)26-18)24(9-12)8-11-3-4-13(19)14(21)5-11/h3-7,9-10H,8H2,1-2H3,(H,22,23,25). The topological polar surface area (TPSA) is 46.9 Å². The number of thiazole rings is 1. The number of nitrogens with one attached hydrogen (secondary N) is 1. The SMILES string of the molecule is CC(C)c1cc(C(=O)Nc2ncc(Cl)s2)n(Cc2ccc(Cl)c(F)c2)c1. The quantitative estimate of drug-likeness (QED) is 0.575. The Bertz CT molecular complexity index is 952. The van der Waals surface area contributed by atoms with Gasteiger partial charge in [0.25, 0.3) is 5.91 Å². The van der Waals surface area contributed by atoms with Crippen molar-refractivity contribution in [2.75, 3.05) is 5.32 Å². The smallest absolute Gasteiger partial charge is 0.274 e. The van der Waals surface area contributed by atoms with Crippen LogP contribution in [0.15, 0.2) is 36.7 Å². The summed E-state index contributed by atoms with van der Waals surface area (Å²) in [5.41, 5.74) is 2.20. The number of rotatable bonds is 5. The van der Waals surface area contributed by atoms with Crippen molar-refractivity contribution in [3.8, 4) is 0 Å². The van der Waals surface area contributed by atoms with E-state index in [0.29, 0.717) is 27.3 Å². The van der Waals surface area contributed by atoms with Gasteiger partial charge in [0.1, 0.15) is 15.8 Å². The molecule has 8 heteroatoms. The molecule has 0 aliphatic carbocycles. The van der Waals surface area contributed by atoms with Gasteiger partial charge in [0.15, 0.2) is 5.13 Å². The molecule has 3 aromatic rings. The third-order valence-corrected chi connectivity index (χ3v) is 5.19. The molecule has 0 saturated heterocycles. The van der Waals surface area contributed by atoms with Crippen LogP contribution in [0.5, 0.6) is 0 Å². The summed E-state index contributed by atoms with van der Waals surface area (Å²) in [4.78, 5) is 16.7. The second-order valence-corrected chi connectivity index (χ2v) is 8.18. The molecule has 2 heterocycles. The second kappa shape index (κ2) is 7.78. The predicted molar refractivity (Wildman–Crippen MR) is 104 cm³/mol. The molecule has 1 amide bonds. The number of halogens is 3. The lowest BCUT2D eigenvalue weighted by Gasteiger charge is -2.09. The Morgan fingerprint density at radius 3 is 2.73 bits per heavy atom. The number of carbonyl (C=O) groups excluding carboxylic acids is 1. The van der Waals surface area contributed by atoms with Crippen molar-refractivity contribution in [3.05, 3.63) is 68.7 Å². The highest BCUT2D eigenvalue weighted by molar-refractivity contribution is 7.19. The maximum absolute atomic E-state index is 13.7. The molecule has 0 bridgehead atoms. The molecular weight excluding hydrogens is 396 g/mol. The van der Waals surface area contributed by atoms with Crippen molar-refractivity contribution in [1.29, 1.82) is 0 Å². The molecule has 26 heavy (non-hydrogen) atoms. The van der Waals surface area contributed by atoms with Gasteiger partial charge in [0, 0.05) is 12.7 Å². The van der Waals surface area contributed by atoms with Gasteiger partial charge in [-0.1, -0.05) is 54.5 Å². The molecule has 0 spiro atoms. The van der Waals surface area contributed by atoms with Gasteiger partial charge in [0.05, 0.1) is 11.2 Å². The van der Waals surface area contributed by atoms with E-state index in [1.807, 2.05) is 26.1 Å². The van der Waals surface area contributed by atoms with E-state index in [2.05, 4.69) is 10.3 Å². The van der Waals surface area contributed by atoms with Crippen molar-refractivity contribution in [2.24, 2.45) is 0 Å². The van der Waals surface area contributed by atoms with Crippen molar-refractivity contribution in [3.63, 3.8) is 0 Å². The van der Waals surface area contributed by atoms with Crippen LogP contribution in [0.3, 0.4) is 0 Å². The average molecular weight is 412 g/mol. The van der Waals surface area contributed by atoms with Crippen molar-refractivity contribution in [1.82, 2.24) is 9.55 Å². The molecule has 0 saturated carbocycles. The second-order valence-electron chi connectivity index (χ2n) is 6.11. The zero-order chi connectivity index (χ0) is 18.8. The maximum atomic E-state index is 13.7. The van der Waals surface area contributed by atoms with Gasteiger partial charge in [-0.2, -0.15) is 0 Å². The van der Waals surface area contributed by atoms with Crippen LogP contribution < -0.4 is 5.32 Å². The van der Waals surface area contributed by atoms with E-state index in [4.69, 9.17) is 23.2 Å². The third-order valence-electron chi connectivity index (χ3n) is 3.85. The number of carbonyl (C=O) groups is 1.